The number of thioether (sulfide) groups is 1. The number of ether oxygens (including phenoxy) is 1. The Labute approximate surface area is 153 Å². The summed E-state index contributed by atoms with van der Waals surface area (Å²) < 4.78 is 5.32. The van der Waals surface area contributed by atoms with E-state index in [-0.39, 0.29) is 11.5 Å². The Morgan fingerprint density at radius 3 is 2.12 bits per heavy atom. The number of hydrogen-bond donors (Lipinski definition) is 1. The molecule has 2 rings (SSSR count). The molecular weight excluding hydrogens is 334 g/mol. The highest BCUT2D eigenvalue weighted by atomic mass is 32.2. The number of nitrogens with one attached hydrogen (secondary N) is 1. The maximum Gasteiger partial charge on any atom is 0.408 e. The fourth-order valence-corrected chi connectivity index (χ4v) is 3.02. The molecule has 1 N–H and O–H groups in total. The molecule has 1 amide bonds. The monoisotopic (exact) mass is 357 g/mol. The van der Waals surface area contributed by atoms with Crippen LogP contribution in [0.4, 0.5) is 4.79 Å². The molecule has 0 saturated heterocycles. The van der Waals surface area contributed by atoms with Crippen LogP contribution in [0.1, 0.15) is 38.8 Å². The van der Waals surface area contributed by atoms with Crippen molar-refractivity contribution in [2.75, 3.05) is 0 Å². The van der Waals surface area contributed by atoms with Gasteiger partial charge in [-0.05, 0) is 38.5 Å². The van der Waals surface area contributed by atoms with Crippen molar-refractivity contribution in [1.29, 1.82) is 0 Å². The third kappa shape index (κ3) is 7.01. The molecule has 1 atom stereocenters. The van der Waals surface area contributed by atoms with E-state index in [9.17, 15) is 9.59 Å². The van der Waals surface area contributed by atoms with Crippen molar-refractivity contribution < 1.29 is 14.3 Å². The molecule has 0 aliphatic heterocycles. The second-order valence-corrected chi connectivity index (χ2v) is 7.73. The molecule has 0 aliphatic carbocycles. The SMILES string of the molecule is CC(C)(C)OC(=O)NC(CC(=O)Sc1ccccc1)c1ccccc1. The summed E-state index contributed by atoms with van der Waals surface area (Å²) in [6.45, 7) is 5.42. The van der Waals surface area contributed by atoms with E-state index in [2.05, 4.69) is 5.32 Å². The maximum absolute atomic E-state index is 12.4. The highest BCUT2D eigenvalue weighted by Crippen LogP contribution is 2.25. The van der Waals surface area contributed by atoms with Gasteiger partial charge in [0.25, 0.3) is 0 Å². The predicted molar refractivity (Wildman–Crippen MR) is 100 cm³/mol. The van der Waals surface area contributed by atoms with Crippen molar-refractivity contribution in [3.8, 4) is 0 Å². The minimum atomic E-state index is -0.589. The van der Waals surface area contributed by atoms with Crippen LogP contribution in [-0.4, -0.2) is 16.8 Å². The summed E-state index contributed by atoms with van der Waals surface area (Å²) in [5, 5.41) is 2.79. The summed E-state index contributed by atoms with van der Waals surface area (Å²) in [6, 6.07) is 18.5. The molecule has 0 bridgehead atoms. The zero-order chi connectivity index (χ0) is 18.3. The van der Waals surface area contributed by atoms with Crippen LogP contribution in [0.2, 0.25) is 0 Å². The maximum atomic E-state index is 12.4. The van der Waals surface area contributed by atoms with E-state index in [4.69, 9.17) is 4.74 Å². The van der Waals surface area contributed by atoms with Crippen molar-refractivity contribution in [2.24, 2.45) is 0 Å². The number of alkyl carbamates (subject to hydrolysis) is 1. The molecule has 0 aromatic heterocycles. The number of carbonyl (C=O) groups is 2. The van der Waals surface area contributed by atoms with Gasteiger partial charge in [0.15, 0.2) is 5.12 Å². The molecule has 0 fully saturated rings. The topological polar surface area (TPSA) is 55.4 Å². The number of benzene rings is 2. The first kappa shape index (κ1) is 19.1. The molecule has 0 spiro atoms. The summed E-state index contributed by atoms with van der Waals surface area (Å²) in [4.78, 5) is 25.5. The van der Waals surface area contributed by atoms with E-state index in [0.29, 0.717) is 0 Å². The van der Waals surface area contributed by atoms with Crippen LogP contribution in [0.5, 0.6) is 0 Å². The van der Waals surface area contributed by atoms with Gasteiger partial charge in [-0.2, -0.15) is 0 Å². The van der Waals surface area contributed by atoms with Crippen LogP contribution in [-0.2, 0) is 9.53 Å². The summed E-state index contributed by atoms with van der Waals surface area (Å²) in [6.07, 6.45) is -0.345. The molecular formula is C20H23NO3S. The smallest absolute Gasteiger partial charge is 0.408 e. The van der Waals surface area contributed by atoms with Gasteiger partial charge in [-0.3, -0.25) is 4.79 Å². The lowest BCUT2D eigenvalue weighted by Crippen LogP contribution is -2.35. The van der Waals surface area contributed by atoms with Crippen molar-refractivity contribution in [1.82, 2.24) is 5.32 Å². The van der Waals surface area contributed by atoms with Gasteiger partial charge in [-0.25, -0.2) is 4.79 Å². The third-order valence-electron chi connectivity index (χ3n) is 3.24. The molecule has 4 nitrogen and oxygen atoms in total. The van der Waals surface area contributed by atoms with Crippen molar-refractivity contribution in [3.63, 3.8) is 0 Å². The zero-order valence-electron chi connectivity index (χ0n) is 14.7. The molecule has 2 aromatic rings. The van der Waals surface area contributed by atoms with Gasteiger partial charge in [-0.1, -0.05) is 60.3 Å². The molecule has 0 radical (unpaired) electrons. The molecule has 0 aliphatic rings. The summed E-state index contributed by atoms with van der Waals surface area (Å²) in [5.41, 5.74) is 0.282. The minimum absolute atomic E-state index is 0.0175. The second-order valence-electron chi connectivity index (χ2n) is 6.60. The van der Waals surface area contributed by atoms with Gasteiger partial charge in [0, 0.05) is 11.3 Å². The molecule has 132 valence electrons. The highest BCUT2D eigenvalue weighted by Gasteiger charge is 2.22. The van der Waals surface area contributed by atoms with E-state index in [1.165, 1.54) is 11.8 Å². The number of hydrogen-bond acceptors (Lipinski definition) is 4. The fraction of sp³-hybridized carbons (Fsp3) is 0.300. The minimum Gasteiger partial charge on any atom is -0.444 e. The van der Waals surface area contributed by atoms with Gasteiger partial charge >= 0.3 is 6.09 Å². The Bertz CT molecular complexity index is 696. The average Bonchev–Trinajstić information content (AvgIpc) is 2.54. The number of amides is 1. The lowest BCUT2D eigenvalue weighted by atomic mass is 10.0. The summed E-state index contributed by atoms with van der Waals surface area (Å²) in [5.74, 6) is 0. The Kier molecular flexibility index (Phi) is 6.65. The Morgan fingerprint density at radius 2 is 1.56 bits per heavy atom. The zero-order valence-corrected chi connectivity index (χ0v) is 15.5. The first-order valence-corrected chi connectivity index (χ1v) is 8.95. The molecule has 25 heavy (non-hydrogen) atoms. The summed E-state index contributed by atoms with van der Waals surface area (Å²) in [7, 11) is 0. The average molecular weight is 357 g/mol. The van der Waals surface area contributed by atoms with Crippen molar-refractivity contribution >= 4 is 23.0 Å². The predicted octanol–water partition coefficient (Wildman–Crippen LogP) is 4.96. The highest BCUT2D eigenvalue weighted by molar-refractivity contribution is 8.13. The van der Waals surface area contributed by atoms with Gasteiger partial charge in [0.05, 0.1) is 6.04 Å². The molecule has 5 heteroatoms. The largest absolute Gasteiger partial charge is 0.444 e. The number of rotatable bonds is 5. The van der Waals surface area contributed by atoms with E-state index < -0.39 is 17.7 Å². The van der Waals surface area contributed by atoms with Gasteiger partial charge in [0.1, 0.15) is 5.60 Å². The molecule has 0 heterocycles. The standard InChI is InChI=1S/C20H23NO3S/c1-20(2,3)24-19(23)21-17(15-10-6-4-7-11-15)14-18(22)25-16-12-8-5-9-13-16/h4-13,17H,14H2,1-3H3,(H,21,23). The van der Waals surface area contributed by atoms with Gasteiger partial charge in [0.2, 0.25) is 0 Å². The molecule has 0 saturated carbocycles. The van der Waals surface area contributed by atoms with E-state index in [1.54, 1.807) is 20.8 Å². The first-order valence-electron chi connectivity index (χ1n) is 8.14. The van der Waals surface area contributed by atoms with Crippen LogP contribution in [0.25, 0.3) is 0 Å². The van der Waals surface area contributed by atoms with E-state index >= 15 is 0 Å². The van der Waals surface area contributed by atoms with Gasteiger partial charge < -0.3 is 10.1 Å². The Hall–Kier alpha value is -2.27. The fourth-order valence-electron chi connectivity index (χ4n) is 2.22. The van der Waals surface area contributed by atoms with E-state index in [0.717, 1.165) is 10.5 Å². The lowest BCUT2D eigenvalue weighted by Gasteiger charge is -2.23. The van der Waals surface area contributed by atoms with Crippen LogP contribution in [0, 0.1) is 0 Å². The Morgan fingerprint density at radius 1 is 1.00 bits per heavy atom. The first-order chi connectivity index (χ1) is 11.8. The van der Waals surface area contributed by atoms with Crippen LogP contribution in [0.15, 0.2) is 65.6 Å². The Balaban J connectivity index is 2.07. The van der Waals surface area contributed by atoms with Crippen LogP contribution < -0.4 is 5.32 Å². The lowest BCUT2D eigenvalue weighted by molar-refractivity contribution is -0.111. The third-order valence-corrected chi connectivity index (χ3v) is 4.14. The molecule has 2 aromatic carbocycles. The summed E-state index contributed by atoms with van der Waals surface area (Å²) >= 11 is 1.18. The number of carbonyl (C=O) groups excluding carboxylic acids is 2. The van der Waals surface area contributed by atoms with Crippen LogP contribution in [0.3, 0.4) is 0 Å². The van der Waals surface area contributed by atoms with Gasteiger partial charge in [-0.15, -0.1) is 0 Å². The quantitative estimate of drug-likeness (QED) is 0.768. The van der Waals surface area contributed by atoms with Crippen molar-refractivity contribution in [2.45, 2.75) is 43.7 Å². The second kappa shape index (κ2) is 8.72. The van der Waals surface area contributed by atoms with E-state index in [1.807, 2.05) is 60.7 Å². The van der Waals surface area contributed by atoms with Crippen molar-refractivity contribution in [3.05, 3.63) is 66.2 Å². The molecule has 1 unspecified atom stereocenters. The van der Waals surface area contributed by atoms with Crippen LogP contribution >= 0.6 is 11.8 Å². The normalized spacial score (nSPS) is 12.3.